The van der Waals surface area contributed by atoms with E-state index in [0.29, 0.717) is 0 Å². The van der Waals surface area contributed by atoms with E-state index in [9.17, 15) is 22.8 Å². The number of nitrogens with zero attached hydrogens (tertiary/aromatic N) is 1. The van der Waals surface area contributed by atoms with Gasteiger partial charge in [-0.05, 0) is 0 Å². The van der Waals surface area contributed by atoms with Crippen LogP contribution in [-0.4, -0.2) is 49.2 Å². The Kier molecular flexibility index (Phi) is 4.33. The third-order valence-electron chi connectivity index (χ3n) is 2.33. The number of carbonyl (C=O) groups excluding carboxylic acids is 2. The lowest BCUT2D eigenvalue weighted by Crippen LogP contribution is -2.55. The molecule has 0 aromatic carbocycles. The number of halogens is 3. The molecule has 2 amide bonds. The fourth-order valence-electron chi connectivity index (χ4n) is 1.44. The summed E-state index contributed by atoms with van der Waals surface area (Å²) in [5.74, 6) is -2.41. The summed E-state index contributed by atoms with van der Waals surface area (Å²) >= 11 is 0. The topological polar surface area (TPSA) is 72.6 Å². The van der Waals surface area contributed by atoms with Crippen molar-refractivity contribution in [1.29, 1.82) is 0 Å². The highest BCUT2D eigenvalue weighted by Gasteiger charge is 2.46. The Morgan fingerprint density at radius 2 is 1.94 bits per heavy atom. The molecule has 0 aromatic heterocycles. The molecule has 8 heteroatoms. The lowest BCUT2D eigenvalue weighted by molar-refractivity contribution is -0.192. The van der Waals surface area contributed by atoms with Crippen LogP contribution in [0.5, 0.6) is 0 Å². The van der Waals surface area contributed by atoms with Crippen LogP contribution in [-0.2, 0) is 14.3 Å². The summed E-state index contributed by atoms with van der Waals surface area (Å²) < 4.78 is 40.9. The number of hydrogen-bond acceptors (Lipinski definition) is 3. The van der Waals surface area contributed by atoms with Crippen molar-refractivity contribution in [2.75, 3.05) is 26.3 Å². The molecule has 1 fully saturated rings. The zero-order valence-corrected chi connectivity index (χ0v) is 9.00. The van der Waals surface area contributed by atoms with Crippen LogP contribution in [0.25, 0.3) is 0 Å². The zero-order valence-electron chi connectivity index (χ0n) is 9.00. The molecule has 0 unspecified atom stereocenters. The first kappa shape index (κ1) is 13.8. The van der Waals surface area contributed by atoms with Gasteiger partial charge >= 0.3 is 12.1 Å². The van der Waals surface area contributed by atoms with Crippen LogP contribution < -0.4 is 5.73 Å². The van der Waals surface area contributed by atoms with Crippen LogP contribution >= 0.6 is 0 Å². The lowest BCUT2D eigenvalue weighted by atomic mass is 10.0. The average Bonchev–Trinajstić information content (AvgIpc) is 2.11. The number of nitrogens with two attached hydrogens (primary N) is 1. The molecule has 1 saturated heterocycles. The highest BCUT2D eigenvalue weighted by atomic mass is 19.4. The molecule has 1 aliphatic heterocycles. The van der Waals surface area contributed by atoms with Gasteiger partial charge in [0.25, 0.3) is 0 Å². The van der Waals surface area contributed by atoms with Crippen LogP contribution in [0.2, 0.25) is 0 Å². The average molecular weight is 254 g/mol. The number of carbonyl (C=O) groups is 2. The summed E-state index contributed by atoms with van der Waals surface area (Å²) in [7, 11) is 0. The van der Waals surface area contributed by atoms with E-state index in [1.54, 1.807) is 0 Å². The quantitative estimate of drug-likeness (QED) is 0.696. The van der Waals surface area contributed by atoms with Gasteiger partial charge in [-0.15, -0.1) is 0 Å². The van der Waals surface area contributed by atoms with Crippen molar-refractivity contribution in [3.8, 4) is 0 Å². The van der Waals surface area contributed by atoms with Crippen LogP contribution in [0.3, 0.4) is 0 Å². The van der Waals surface area contributed by atoms with Gasteiger partial charge in [0.1, 0.15) is 0 Å². The second kappa shape index (κ2) is 5.35. The van der Waals surface area contributed by atoms with E-state index in [2.05, 4.69) is 0 Å². The summed E-state index contributed by atoms with van der Waals surface area (Å²) in [5.41, 5.74) is 4.87. The number of rotatable bonds is 5. The summed E-state index contributed by atoms with van der Waals surface area (Å²) in [5, 5.41) is 0. The Morgan fingerprint density at radius 1 is 1.35 bits per heavy atom. The molecule has 0 radical (unpaired) electrons. The third-order valence-corrected chi connectivity index (χ3v) is 2.33. The van der Waals surface area contributed by atoms with Crippen molar-refractivity contribution >= 4 is 11.8 Å². The third kappa shape index (κ3) is 4.22. The fourth-order valence-corrected chi connectivity index (χ4v) is 1.44. The van der Waals surface area contributed by atoms with Gasteiger partial charge < -0.3 is 15.4 Å². The standard InChI is InChI=1S/C9H13F3N2O3/c10-9(11,12)8(16)14-3-6(4-14)5-17-2-1-7(13)15/h6H,1-5H2,(H2,13,15). The zero-order chi connectivity index (χ0) is 13.1. The molecule has 0 bridgehead atoms. The lowest BCUT2D eigenvalue weighted by Gasteiger charge is -2.39. The number of ether oxygens (including phenoxy) is 1. The SMILES string of the molecule is NC(=O)CCOCC1CN(C(=O)C(F)(F)F)C1. The number of hydrogen-bond donors (Lipinski definition) is 1. The minimum Gasteiger partial charge on any atom is -0.380 e. The second-order valence-electron chi connectivity index (χ2n) is 3.87. The van der Waals surface area contributed by atoms with Crippen LogP contribution in [0, 0.1) is 5.92 Å². The van der Waals surface area contributed by atoms with Gasteiger partial charge in [0, 0.05) is 25.4 Å². The first-order valence-corrected chi connectivity index (χ1v) is 5.03. The monoisotopic (exact) mass is 254 g/mol. The van der Waals surface area contributed by atoms with Crippen molar-refractivity contribution in [2.24, 2.45) is 11.7 Å². The van der Waals surface area contributed by atoms with Crippen LogP contribution in [0.1, 0.15) is 6.42 Å². The van der Waals surface area contributed by atoms with Gasteiger partial charge in [-0.2, -0.15) is 13.2 Å². The molecule has 17 heavy (non-hydrogen) atoms. The van der Waals surface area contributed by atoms with Crippen molar-refractivity contribution in [3.05, 3.63) is 0 Å². The highest BCUT2D eigenvalue weighted by molar-refractivity contribution is 5.82. The Bertz CT molecular complexity index is 300. The molecular formula is C9H13F3N2O3. The van der Waals surface area contributed by atoms with Gasteiger partial charge in [-0.25, -0.2) is 0 Å². The maximum absolute atomic E-state index is 12.0. The highest BCUT2D eigenvalue weighted by Crippen LogP contribution is 2.24. The van der Waals surface area contributed by atoms with Crippen molar-refractivity contribution in [1.82, 2.24) is 4.90 Å². The molecule has 0 spiro atoms. The first-order valence-electron chi connectivity index (χ1n) is 5.03. The number of likely N-dealkylation sites (tertiary alicyclic amines) is 1. The maximum atomic E-state index is 12.0. The summed E-state index contributed by atoms with van der Waals surface area (Å²) in [6, 6.07) is 0. The van der Waals surface area contributed by atoms with Crippen molar-refractivity contribution in [3.63, 3.8) is 0 Å². The van der Waals surface area contributed by atoms with E-state index in [-0.39, 0.29) is 38.6 Å². The van der Waals surface area contributed by atoms with Gasteiger partial charge in [0.05, 0.1) is 13.2 Å². The van der Waals surface area contributed by atoms with Gasteiger partial charge in [-0.3, -0.25) is 9.59 Å². The molecule has 5 nitrogen and oxygen atoms in total. The Labute approximate surface area is 95.7 Å². The Morgan fingerprint density at radius 3 is 2.41 bits per heavy atom. The predicted octanol–water partition coefficient (Wildman–Crippen LogP) is -0.101. The molecule has 1 rings (SSSR count). The largest absolute Gasteiger partial charge is 0.471 e. The minimum atomic E-state index is -4.81. The van der Waals surface area contributed by atoms with Gasteiger partial charge in [0.2, 0.25) is 5.91 Å². The molecular weight excluding hydrogens is 241 g/mol. The van der Waals surface area contributed by atoms with E-state index in [1.165, 1.54) is 0 Å². The molecule has 0 aliphatic carbocycles. The van der Waals surface area contributed by atoms with E-state index in [0.717, 1.165) is 4.90 Å². The van der Waals surface area contributed by atoms with E-state index in [4.69, 9.17) is 10.5 Å². The molecule has 1 aliphatic rings. The number of alkyl halides is 3. The Balaban J connectivity index is 2.11. The molecule has 0 aromatic rings. The summed E-state index contributed by atoms with van der Waals surface area (Å²) in [6.45, 7) is 0.456. The smallest absolute Gasteiger partial charge is 0.380 e. The van der Waals surface area contributed by atoms with E-state index >= 15 is 0 Å². The molecule has 0 saturated carbocycles. The fraction of sp³-hybridized carbons (Fsp3) is 0.778. The second-order valence-corrected chi connectivity index (χ2v) is 3.87. The minimum absolute atomic E-state index is 0.0366. The first-order chi connectivity index (χ1) is 7.80. The molecule has 2 N–H and O–H groups in total. The number of primary amides is 1. The Hall–Kier alpha value is -1.31. The molecule has 98 valence electrons. The van der Waals surface area contributed by atoms with E-state index < -0.39 is 18.0 Å². The molecule has 0 atom stereocenters. The normalized spacial score (nSPS) is 16.8. The van der Waals surface area contributed by atoms with E-state index in [1.807, 2.05) is 0 Å². The molecule has 1 heterocycles. The van der Waals surface area contributed by atoms with Crippen LogP contribution in [0.4, 0.5) is 13.2 Å². The van der Waals surface area contributed by atoms with Crippen molar-refractivity contribution in [2.45, 2.75) is 12.6 Å². The summed E-state index contributed by atoms with van der Waals surface area (Å²) in [6.07, 6.45) is -4.73. The van der Waals surface area contributed by atoms with Crippen molar-refractivity contribution < 1.29 is 27.5 Å². The predicted molar refractivity (Wildman–Crippen MR) is 50.8 cm³/mol. The van der Waals surface area contributed by atoms with Gasteiger partial charge in [0.15, 0.2) is 0 Å². The van der Waals surface area contributed by atoms with Crippen LogP contribution in [0.15, 0.2) is 0 Å². The number of amides is 2. The summed E-state index contributed by atoms with van der Waals surface area (Å²) in [4.78, 5) is 21.8. The maximum Gasteiger partial charge on any atom is 0.471 e. The van der Waals surface area contributed by atoms with Gasteiger partial charge in [-0.1, -0.05) is 0 Å².